The largest absolute Gasteiger partial charge is 0.449 e. The molecule has 196 valence electrons. The van der Waals surface area contributed by atoms with Gasteiger partial charge in [0.2, 0.25) is 5.95 Å². The Hall–Kier alpha value is -3.32. The summed E-state index contributed by atoms with van der Waals surface area (Å²) in [6.45, 7) is 1.10. The summed E-state index contributed by atoms with van der Waals surface area (Å²) in [6, 6.07) is 0.867. The number of alkyl halides is 6. The van der Waals surface area contributed by atoms with Crippen LogP contribution in [-0.4, -0.2) is 58.7 Å². The number of halogens is 6. The molecule has 1 saturated heterocycles. The van der Waals surface area contributed by atoms with Crippen molar-refractivity contribution in [2.75, 3.05) is 37.7 Å². The fourth-order valence-electron chi connectivity index (χ4n) is 4.59. The first-order valence-corrected chi connectivity index (χ1v) is 11.3. The third kappa shape index (κ3) is 5.73. The van der Waals surface area contributed by atoms with E-state index in [1.54, 1.807) is 4.90 Å². The van der Waals surface area contributed by atoms with E-state index in [1.165, 1.54) is 11.1 Å². The molecule has 0 bridgehead atoms. The lowest BCUT2D eigenvalue weighted by molar-refractivity contribution is -0.139. The molecule has 0 radical (unpaired) electrons. The molecule has 0 aromatic carbocycles. The van der Waals surface area contributed by atoms with Gasteiger partial charge in [-0.05, 0) is 30.4 Å². The van der Waals surface area contributed by atoms with E-state index in [0.29, 0.717) is 43.9 Å². The number of nitrogens with one attached hydrogen (secondary N) is 1. The molecule has 1 aliphatic carbocycles. The number of hydrogen-bond acceptors (Lipinski definition) is 6. The molecule has 2 aliphatic rings. The molecular formula is C22H23F6N5O3. The van der Waals surface area contributed by atoms with Crippen LogP contribution < -0.4 is 10.5 Å². The van der Waals surface area contributed by atoms with Gasteiger partial charge in [-0.15, -0.1) is 0 Å². The van der Waals surface area contributed by atoms with E-state index in [2.05, 4.69) is 15.0 Å². The fourth-order valence-corrected chi connectivity index (χ4v) is 4.59. The number of pyridine rings is 1. The molecule has 8 nitrogen and oxygen atoms in total. The first kappa shape index (κ1) is 25.8. The van der Waals surface area contributed by atoms with Crippen LogP contribution in [0.2, 0.25) is 0 Å². The van der Waals surface area contributed by atoms with E-state index in [9.17, 15) is 35.9 Å². The minimum atomic E-state index is -4.77. The minimum Gasteiger partial charge on any atom is -0.449 e. The summed E-state index contributed by atoms with van der Waals surface area (Å²) in [4.78, 5) is 36.9. The summed E-state index contributed by atoms with van der Waals surface area (Å²) in [5.41, 5.74) is -3.05. The minimum absolute atomic E-state index is 0.0200. The second-order valence-corrected chi connectivity index (χ2v) is 8.79. The molecule has 1 aliphatic heterocycles. The van der Waals surface area contributed by atoms with Crippen molar-refractivity contribution < 1.29 is 35.9 Å². The van der Waals surface area contributed by atoms with Crippen molar-refractivity contribution in [3.63, 3.8) is 0 Å². The highest BCUT2D eigenvalue weighted by atomic mass is 19.4. The van der Waals surface area contributed by atoms with E-state index in [4.69, 9.17) is 4.74 Å². The number of aromatic nitrogens is 3. The van der Waals surface area contributed by atoms with Gasteiger partial charge in [0.25, 0.3) is 5.56 Å². The summed E-state index contributed by atoms with van der Waals surface area (Å²) >= 11 is 0. The average Bonchev–Trinajstić information content (AvgIpc) is 3.30. The van der Waals surface area contributed by atoms with E-state index < -0.39 is 35.1 Å². The number of nitrogens with zero attached hydrogens (tertiary/aromatic N) is 4. The highest BCUT2D eigenvalue weighted by Crippen LogP contribution is 2.40. The van der Waals surface area contributed by atoms with Crippen LogP contribution in [0, 0.1) is 5.92 Å². The zero-order chi connectivity index (χ0) is 26.1. The van der Waals surface area contributed by atoms with Crippen LogP contribution in [0.25, 0.3) is 0 Å². The van der Waals surface area contributed by atoms with Gasteiger partial charge >= 0.3 is 18.4 Å². The monoisotopic (exact) mass is 519 g/mol. The van der Waals surface area contributed by atoms with E-state index >= 15 is 0 Å². The Labute approximate surface area is 201 Å². The van der Waals surface area contributed by atoms with Gasteiger partial charge in [0, 0.05) is 50.7 Å². The first-order valence-electron chi connectivity index (χ1n) is 11.3. The molecule has 1 saturated carbocycles. The zero-order valence-corrected chi connectivity index (χ0v) is 18.9. The van der Waals surface area contributed by atoms with Crippen molar-refractivity contribution in [3.05, 3.63) is 51.7 Å². The molecule has 14 heteroatoms. The lowest BCUT2D eigenvalue weighted by Gasteiger charge is -2.34. The van der Waals surface area contributed by atoms with Crippen LogP contribution in [-0.2, 0) is 17.1 Å². The van der Waals surface area contributed by atoms with Crippen LogP contribution in [0.3, 0.4) is 0 Å². The second kappa shape index (κ2) is 9.97. The number of H-pyrrole nitrogens is 1. The fraction of sp³-hybridized carbons (Fsp3) is 0.545. The second-order valence-electron chi connectivity index (χ2n) is 8.79. The first-order chi connectivity index (χ1) is 16.9. The predicted octanol–water partition coefficient (Wildman–Crippen LogP) is 4.05. The molecule has 36 heavy (non-hydrogen) atoms. The Bertz CT molecular complexity index is 1130. The van der Waals surface area contributed by atoms with Crippen molar-refractivity contribution in [1.82, 2.24) is 19.9 Å². The van der Waals surface area contributed by atoms with Crippen molar-refractivity contribution in [1.29, 1.82) is 0 Å². The Morgan fingerprint density at radius 3 is 2.31 bits per heavy atom. The maximum atomic E-state index is 13.1. The Morgan fingerprint density at radius 2 is 1.69 bits per heavy atom. The van der Waals surface area contributed by atoms with Crippen molar-refractivity contribution in [2.45, 2.75) is 37.5 Å². The Morgan fingerprint density at radius 1 is 1.03 bits per heavy atom. The van der Waals surface area contributed by atoms with Gasteiger partial charge in [-0.25, -0.2) is 14.8 Å². The molecule has 2 unspecified atom stereocenters. The number of carbonyl (C=O) groups excluding carboxylic acids is 1. The molecule has 4 rings (SSSR count). The smallest absolute Gasteiger partial charge is 0.421 e. The van der Waals surface area contributed by atoms with Gasteiger partial charge in [0.1, 0.15) is 5.56 Å². The summed E-state index contributed by atoms with van der Waals surface area (Å²) in [7, 11) is 0. The summed E-state index contributed by atoms with van der Waals surface area (Å²) in [5, 5.41) is 0. The molecule has 0 spiro atoms. The number of amides is 1. The average molecular weight is 519 g/mol. The van der Waals surface area contributed by atoms with Gasteiger partial charge < -0.3 is 19.5 Å². The summed E-state index contributed by atoms with van der Waals surface area (Å²) in [5.74, 6) is -0.351. The SMILES string of the molecule is O=C(OCC1CCCC1c1c[nH]c(=O)c(C(F)(F)F)c1)N1CCN(c2ncc(C(F)(F)F)cn2)CC1. The highest BCUT2D eigenvalue weighted by Gasteiger charge is 2.37. The maximum absolute atomic E-state index is 13.1. The third-order valence-corrected chi connectivity index (χ3v) is 6.53. The third-order valence-electron chi connectivity index (χ3n) is 6.53. The number of rotatable bonds is 4. The van der Waals surface area contributed by atoms with Crippen molar-refractivity contribution in [3.8, 4) is 0 Å². The number of aromatic amines is 1. The molecule has 2 aromatic rings. The van der Waals surface area contributed by atoms with Crippen LogP contribution >= 0.6 is 0 Å². The maximum Gasteiger partial charge on any atom is 0.421 e. The number of ether oxygens (including phenoxy) is 1. The number of piperazine rings is 1. The van der Waals surface area contributed by atoms with Gasteiger partial charge in [-0.2, -0.15) is 26.3 Å². The molecule has 2 atom stereocenters. The van der Waals surface area contributed by atoms with Crippen LogP contribution in [0.5, 0.6) is 0 Å². The molecule has 1 N–H and O–H groups in total. The summed E-state index contributed by atoms with van der Waals surface area (Å²) in [6.07, 6.45) is -5.15. The van der Waals surface area contributed by atoms with E-state index in [0.717, 1.165) is 12.5 Å². The van der Waals surface area contributed by atoms with Gasteiger partial charge in [-0.1, -0.05) is 6.42 Å². The summed E-state index contributed by atoms with van der Waals surface area (Å²) < 4.78 is 82.8. The number of carbonyl (C=O) groups is 1. The lowest BCUT2D eigenvalue weighted by Crippen LogP contribution is -2.49. The molecule has 1 amide bonds. The number of hydrogen-bond donors (Lipinski definition) is 1. The Kier molecular flexibility index (Phi) is 7.14. The molecular weight excluding hydrogens is 496 g/mol. The van der Waals surface area contributed by atoms with Crippen LogP contribution in [0.15, 0.2) is 29.5 Å². The normalized spacial score (nSPS) is 21.1. The highest BCUT2D eigenvalue weighted by molar-refractivity contribution is 5.68. The van der Waals surface area contributed by atoms with E-state index in [-0.39, 0.29) is 37.5 Å². The molecule has 2 fully saturated rings. The van der Waals surface area contributed by atoms with Gasteiger partial charge in [0.05, 0.1) is 12.2 Å². The van der Waals surface area contributed by atoms with Gasteiger partial charge in [-0.3, -0.25) is 4.79 Å². The van der Waals surface area contributed by atoms with Crippen LogP contribution in [0.1, 0.15) is 41.9 Å². The lowest BCUT2D eigenvalue weighted by atomic mass is 9.90. The van der Waals surface area contributed by atoms with Crippen molar-refractivity contribution in [2.24, 2.45) is 5.92 Å². The Balaban J connectivity index is 1.30. The zero-order valence-electron chi connectivity index (χ0n) is 18.9. The van der Waals surface area contributed by atoms with Crippen LogP contribution in [0.4, 0.5) is 37.1 Å². The molecule has 3 heterocycles. The predicted molar refractivity (Wildman–Crippen MR) is 114 cm³/mol. The van der Waals surface area contributed by atoms with Crippen molar-refractivity contribution >= 4 is 12.0 Å². The standard InChI is InChI=1S/C22H23F6N5O3/c23-21(24,25)15-10-30-19(31-11-15)32-4-6-33(7-5-32)20(35)36-12-13-2-1-3-16(13)14-8-17(22(26,27)28)18(34)29-9-14/h8-11,13,16H,1-7,12H2,(H,29,34). The number of anilines is 1. The van der Waals surface area contributed by atoms with E-state index in [1.807, 2.05) is 0 Å². The topological polar surface area (TPSA) is 91.4 Å². The van der Waals surface area contributed by atoms with Gasteiger partial charge in [0.15, 0.2) is 0 Å². The molecule has 2 aromatic heterocycles. The quantitative estimate of drug-likeness (QED) is 0.614.